The van der Waals surface area contributed by atoms with Crippen LogP contribution in [0.3, 0.4) is 0 Å². The maximum absolute atomic E-state index is 11.5. The highest BCUT2D eigenvalue weighted by atomic mass is 79.9. The Bertz CT molecular complexity index is 527. The SMILES string of the molecule is NC(=O)c1c(Br)cccc1NC1(CC(=O)O)CCC1. The number of carboxylic acid groups (broad SMARTS) is 1. The summed E-state index contributed by atoms with van der Waals surface area (Å²) in [6.45, 7) is 0. The highest BCUT2D eigenvalue weighted by molar-refractivity contribution is 9.10. The summed E-state index contributed by atoms with van der Waals surface area (Å²) < 4.78 is 0.606. The zero-order valence-corrected chi connectivity index (χ0v) is 11.9. The third-order valence-electron chi connectivity index (χ3n) is 3.46. The van der Waals surface area contributed by atoms with Crippen LogP contribution in [0.25, 0.3) is 0 Å². The largest absolute Gasteiger partial charge is 0.481 e. The van der Waals surface area contributed by atoms with E-state index >= 15 is 0 Å². The number of nitrogens with two attached hydrogens (primary N) is 1. The van der Waals surface area contributed by atoms with Crippen molar-refractivity contribution >= 4 is 33.5 Å². The molecule has 102 valence electrons. The monoisotopic (exact) mass is 326 g/mol. The summed E-state index contributed by atoms with van der Waals surface area (Å²) in [5, 5.41) is 12.2. The molecule has 0 radical (unpaired) electrons. The Kier molecular flexibility index (Phi) is 3.80. The Hall–Kier alpha value is -1.56. The standard InChI is InChI=1S/C13H15BrN2O3/c14-8-3-1-4-9(11(8)12(15)19)16-13(5-2-6-13)7-10(17)18/h1,3-4,16H,2,5-7H2,(H2,15,19)(H,17,18). The molecule has 0 saturated heterocycles. The number of rotatable bonds is 5. The molecule has 19 heavy (non-hydrogen) atoms. The number of carbonyl (C=O) groups excluding carboxylic acids is 1. The van der Waals surface area contributed by atoms with Crippen molar-refractivity contribution in [1.82, 2.24) is 0 Å². The first kappa shape index (κ1) is 13.9. The van der Waals surface area contributed by atoms with Gasteiger partial charge in [-0.1, -0.05) is 6.07 Å². The first-order chi connectivity index (χ1) is 8.93. The van der Waals surface area contributed by atoms with Gasteiger partial charge in [0.15, 0.2) is 0 Å². The van der Waals surface area contributed by atoms with E-state index in [1.165, 1.54) is 0 Å². The van der Waals surface area contributed by atoms with Crippen LogP contribution in [-0.4, -0.2) is 22.5 Å². The smallest absolute Gasteiger partial charge is 0.305 e. The van der Waals surface area contributed by atoms with Crippen molar-refractivity contribution in [2.24, 2.45) is 5.73 Å². The van der Waals surface area contributed by atoms with E-state index in [0.717, 1.165) is 19.3 Å². The number of benzene rings is 1. The van der Waals surface area contributed by atoms with Gasteiger partial charge in [-0.05, 0) is 47.3 Å². The molecule has 2 rings (SSSR count). The fraction of sp³-hybridized carbons (Fsp3) is 0.385. The normalized spacial score (nSPS) is 16.5. The van der Waals surface area contributed by atoms with E-state index in [2.05, 4.69) is 21.2 Å². The summed E-state index contributed by atoms with van der Waals surface area (Å²) in [7, 11) is 0. The molecule has 1 aliphatic rings. The molecule has 4 N–H and O–H groups in total. The molecule has 1 amide bonds. The van der Waals surface area contributed by atoms with Gasteiger partial charge < -0.3 is 16.2 Å². The molecule has 5 nitrogen and oxygen atoms in total. The fourth-order valence-corrected chi connectivity index (χ4v) is 2.96. The lowest BCUT2D eigenvalue weighted by Crippen LogP contribution is -2.47. The van der Waals surface area contributed by atoms with Crippen LogP contribution in [0, 0.1) is 0 Å². The topological polar surface area (TPSA) is 92.4 Å². The van der Waals surface area contributed by atoms with Crippen molar-refractivity contribution in [3.8, 4) is 0 Å². The molecular formula is C13H15BrN2O3. The lowest BCUT2D eigenvalue weighted by atomic mass is 9.74. The third-order valence-corrected chi connectivity index (χ3v) is 4.12. The van der Waals surface area contributed by atoms with Crippen LogP contribution in [0.5, 0.6) is 0 Å². The Morgan fingerprint density at radius 3 is 2.58 bits per heavy atom. The summed E-state index contributed by atoms with van der Waals surface area (Å²) in [4.78, 5) is 22.4. The molecule has 1 aromatic carbocycles. The summed E-state index contributed by atoms with van der Waals surface area (Å²) in [6, 6.07) is 5.26. The zero-order chi connectivity index (χ0) is 14.0. The van der Waals surface area contributed by atoms with Crippen LogP contribution in [-0.2, 0) is 4.79 Å². The molecular weight excluding hydrogens is 312 g/mol. The van der Waals surface area contributed by atoms with Gasteiger partial charge in [0.25, 0.3) is 5.91 Å². The molecule has 0 aliphatic heterocycles. The molecule has 0 unspecified atom stereocenters. The minimum atomic E-state index is -0.845. The van der Waals surface area contributed by atoms with E-state index in [0.29, 0.717) is 15.7 Å². The number of amides is 1. The van der Waals surface area contributed by atoms with Gasteiger partial charge in [-0.25, -0.2) is 0 Å². The van der Waals surface area contributed by atoms with Gasteiger partial charge in [0.05, 0.1) is 12.0 Å². The molecule has 1 fully saturated rings. The maximum atomic E-state index is 11.5. The van der Waals surface area contributed by atoms with E-state index in [1.54, 1.807) is 18.2 Å². The molecule has 0 atom stereocenters. The van der Waals surface area contributed by atoms with Crippen molar-refractivity contribution in [2.45, 2.75) is 31.2 Å². The number of nitrogens with one attached hydrogen (secondary N) is 1. The minimum Gasteiger partial charge on any atom is -0.481 e. The predicted molar refractivity (Wildman–Crippen MR) is 75.1 cm³/mol. The van der Waals surface area contributed by atoms with Gasteiger partial charge in [-0.3, -0.25) is 9.59 Å². The maximum Gasteiger partial charge on any atom is 0.305 e. The summed E-state index contributed by atoms with van der Waals surface area (Å²) >= 11 is 3.29. The number of carbonyl (C=O) groups is 2. The number of carboxylic acids is 1. The van der Waals surface area contributed by atoms with Crippen LogP contribution in [0.1, 0.15) is 36.0 Å². The molecule has 6 heteroatoms. The molecule has 1 aromatic rings. The van der Waals surface area contributed by atoms with Gasteiger partial charge in [-0.15, -0.1) is 0 Å². The second kappa shape index (κ2) is 5.21. The summed E-state index contributed by atoms with van der Waals surface area (Å²) in [5.74, 6) is -1.39. The van der Waals surface area contributed by atoms with Crippen LogP contribution < -0.4 is 11.1 Å². The van der Waals surface area contributed by atoms with Crippen LogP contribution >= 0.6 is 15.9 Å². The first-order valence-corrected chi connectivity index (χ1v) is 6.81. The number of hydrogen-bond acceptors (Lipinski definition) is 3. The molecule has 0 heterocycles. The van der Waals surface area contributed by atoms with E-state index in [-0.39, 0.29) is 6.42 Å². The van der Waals surface area contributed by atoms with Crippen molar-refractivity contribution in [2.75, 3.05) is 5.32 Å². The number of primary amides is 1. The van der Waals surface area contributed by atoms with E-state index in [1.807, 2.05) is 0 Å². The highest BCUT2D eigenvalue weighted by Crippen LogP contribution is 2.39. The van der Waals surface area contributed by atoms with Crippen LogP contribution in [0.4, 0.5) is 5.69 Å². The molecule has 0 bridgehead atoms. The number of aliphatic carboxylic acids is 1. The summed E-state index contributed by atoms with van der Waals surface area (Å²) in [6.07, 6.45) is 2.59. The summed E-state index contributed by atoms with van der Waals surface area (Å²) in [5.41, 5.74) is 5.85. The van der Waals surface area contributed by atoms with E-state index < -0.39 is 17.4 Å². The minimum absolute atomic E-state index is 0.0394. The lowest BCUT2D eigenvalue weighted by Gasteiger charge is -2.42. The van der Waals surface area contributed by atoms with Crippen molar-refractivity contribution in [1.29, 1.82) is 0 Å². The predicted octanol–water partition coefficient (Wildman–Crippen LogP) is 2.36. The fourth-order valence-electron chi connectivity index (χ4n) is 2.40. The first-order valence-electron chi connectivity index (χ1n) is 6.02. The van der Waals surface area contributed by atoms with Crippen LogP contribution in [0.2, 0.25) is 0 Å². The number of halogens is 1. The average molecular weight is 327 g/mol. The van der Waals surface area contributed by atoms with Gasteiger partial charge in [0.1, 0.15) is 0 Å². The Balaban J connectivity index is 2.30. The quantitative estimate of drug-likeness (QED) is 0.774. The molecule has 1 saturated carbocycles. The van der Waals surface area contributed by atoms with Crippen molar-refractivity contribution in [3.05, 3.63) is 28.2 Å². The van der Waals surface area contributed by atoms with Crippen LogP contribution in [0.15, 0.2) is 22.7 Å². The second-order valence-electron chi connectivity index (χ2n) is 4.86. The number of anilines is 1. The molecule has 0 aromatic heterocycles. The Morgan fingerprint density at radius 1 is 1.42 bits per heavy atom. The Morgan fingerprint density at radius 2 is 2.11 bits per heavy atom. The number of hydrogen-bond donors (Lipinski definition) is 3. The van der Waals surface area contributed by atoms with Gasteiger partial charge in [0, 0.05) is 15.7 Å². The van der Waals surface area contributed by atoms with Gasteiger partial charge in [0.2, 0.25) is 0 Å². The zero-order valence-electron chi connectivity index (χ0n) is 10.3. The lowest BCUT2D eigenvalue weighted by molar-refractivity contribution is -0.138. The molecule has 0 spiro atoms. The second-order valence-corrected chi connectivity index (χ2v) is 5.71. The van der Waals surface area contributed by atoms with Crippen molar-refractivity contribution in [3.63, 3.8) is 0 Å². The van der Waals surface area contributed by atoms with Crippen molar-refractivity contribution < 1.29 is 14.7 Å². The Labute approximate surface area is 119 Å². The van der Waals surface area contributed by atoms with E-state index in [9.17, 15) is 9.59 Å². The molecule has 1 aliphatic carbocycles. The average Bonchev–Trinajstić information content (AvgIpc) is 2.24. The van der Waals surface area contributed by atoms with Gasteiger partial charge >= 0.3 is 5.97 Å². The van der Waals surface area contributed by atoms with E-state index in [4.69, 9.17) is 10.8 Å². The highest BCUT2D eigenvalue weighted by Gasteiger charge is 2.39. The van der Waals surface area contributed by atoms with Gasteiger partial charge in [-0.2, -0.15) is 0 Å². The third kappa shape index (κ3) is 2.89.